The Labute approximate surface area is 190 Å². The minimum atomic E-state index is -0.544. The molecule has 0 aliphatic heterocycles. The topological polar surface area (TPSA) is 58.6 Å². The Balaban J connectivity index is 2.06. The van der Waals surface area contributed by atoms with E-state index in [2.05, 4.69) is 5.32 Å². The lowest BCUT2D eigenvalue weighted by Gasteiger charge is -2.31. The lowest BCUT2D eigenvalue weighted by molar-refractivity contribution is -0.141. The Kier molecular flexibility index (Phi) is 10.4. The van der Waals surface area contributed by atoms with Gasteiger partial charge in [-0.25, -0.2) is 0 Å². The standard InChI is InChI=1S/C25H33ClN2O3/c1-4-23(25(30)27-17-19(2)3)28(18-20-11-8-9-14-22(20)26)24(29)15-10-16-31-21-12-6-5-7-13-21/h5-9,11-14,19,23H,4,10,15-18H2,1-3H3,(H,27,30)/t23-/m1/s1. The number of para-hydroxylation sites is 1. The summed E-state index contributed by atoms with van der Waals surface area (Å²) in [6, 6.07) is 16.4. The van der Waals surface area contributed by atoms with Gasteiger partial charge in [0.15, 0.2) is 0 Å². The van der Waals surface area contributed by atoms with E-state index in [9.17, 15) is 9.59 Å². The average molecular weight is 445 g/mol. The molecule has 0 bridgehead atoms. The quantitative estimate of drug-likeness (QED) is 0.464. The van der Waals surface area contributed by atoms with E-state index in [0.717, 1.165) is 11.3 Å². The van der Waals surface area contributed by atoms with Crippen LogP contribution in [-0.2, 0) is 16.1 Å². The van der Waals surface area contributed by atoms with Gasteiger partial charge < -0.3 is 15.0 Å². The summed E-state index contributed by atoms with van der Waals surface area (Å²) in [6.07, 6.45) is 1.39. The second kappa shape index (κ2) is 13.0. The first-order chi connectivity index (χ1) is 14.9. The Morgan fingerprint density at radius 1 is 1.06 bits per heavy atom. The molecule has 2 rings (SSSR count). The van der Waals surface area contributed by atoms with Crippen LogP contribution in [-0.4, -0.2) is 35.9 Å². The Hall–Kier alpha value is -2.53. The number of hydrogen-bond donors (Lipinski definition) is 1. The molecule has 0 radical (unpaired) electrons. The number of carbonyl (C=O) groups excluding carboxylic acids is 2. The number of ether oxygens (including phenoxy) is 1. The number of hydrogen-bond acceptors (Lipinski definition) is 3. The summed E-state index contributed by atoms with van der Waals surface area (Å²) < 4.78 is 5.70. The minimum Gasteiger partial charge on any atom is -0.494 e. The molecule has 1 atom stereocenters. The van der Waals surface area contributed by atoms with E-state index in [1.807, 2.05) is 69.3 Å². The molecule has 0 spiro atoms. The monoisotopic (exact) mass is 444 g/mol. The largest absolute Gasteiger partial charge is 0.494 e. The molecule has 0 aliphatic rings. The molecule has 0 aromatic heterocycles. The van der Waals surface area contributed by atoms with Gasteiger partial charge in [0.2, 0.25) is 11.8 Å². The number of amides is 2. The highest BCUT2D eigenvalue weighted by Crippen LogP contribution is 2.20. The van der Waals surface area contributed by atoms with E-state index in [4.69, 9.17) is 16.3 Å². The van der Waals surface area contributed by atoms with Gasteiger partial charge in [-0.05, 0) is 42.5 Å². The minimum absolute atomic E-state index is 0.0804. The summed E-state index contributed by atoms with van der Waals surface area (Å²) in [5.74, 6) is 0.909. The summed E-state index contributed by atoms with van der Waals surface area (Å²) in [7, 11) is 0. The van der Waals surface area contributed by atoms with Crippen LogP contribution in [0.4, 0.5) is 0 Å². The zero-order valence-corrected chi connectivity index (χ0v) is 19.4. The van der Waals surface area contributed by atoms with Crippen molar-refractivity contribution in [3.8, 4) is 5.75 Å². The smallest absolute Gasteiger partial charge is 0.242 e. The normalized spacial score (nSPS) is 11.8. The molecular formula is C25H33ClN2O3. The molecule has 0 aliphatic carbocycles. The molecule has 2 aromatic rings. The van der Waals surface area contributed by atoms with Gasteiger partial charge in [0.25, 0.3) is 0 Å². The molecule has 0 saturated heterocycles. The number of nitrogens with zero attached hydrogens (tertiary/aromatic N) is 1. The van der Waals surface area contributed by atoms with Gasteiger partial charge >= 0.3 is 0 Å². The first-order valence-electron chi connectivity index (χ1n) is 10.9. The van der Waals surface area contributed by atoms with Crippen molar-refractivity contribution in [2.45, 2.75) is 52.6 Å². The molecule has 168 valence electrons. The summed E-state index contributed by atoms with van der Waals surface area (Å²) in [5, 5.41) is 3.56. The van der Waals surface area contributed by atoms with Crippen LogP contribution in [0, 0.1) is 5.92 Å². The summed E-state index contributed by atoms with van der Waals surface area (Å²) >= 11 is 6.34. The van der Waals surface area contributed by atoms with Crippen molar-refractivity contribution in [3.05, 3.63) is 65.2 Å². The lowest BCUT2D eigenvalue weighted by Crippen LogP contribution is -2.49. The van der Waals surface area contributed by atoms with Gasteiger partial charge in [0.1, 0.15) is 11.8 Å². The van der Waals surface area contributed by atoms with Gasteiger partial charge in [0, 0.05) is 24.5 Å². The van der Waals surface area contributed by atoms with E-state index in [-0.39, 0.29) is 11.8 Å². The third-order valence-electron chi connectivity index (χ3n) is 4.92. The van der Waals surface area contributed by atoms with E-state index < -0.39 is 6.04 Å². The fourth-order valence-electron chi connectivity index (χ4n) is 3.23. The van der Waals surface area contributed by atoms with Crippen LogP contribution in [0.3, 0.4) is 0 Å². The number of carbonyl (C=O) groups is 2. The van der Waals surface area contributed by atoms with Crippen LogP contribution in [0.1, 0.15) is 45.6 Å². The van der Waals surface area contributed by atoms with E-state index in [0.29, 0.717) is 49.9 Å². The van der Waals surface area contributed by atoms with E-state index in [1.54, 1.807) is 11.0 Å². The van der Waals surface area contributed by atoms with E-state index in [1.165, 1.54) is 0 Å². The van der Waals surface area contributed by atoms with Crippen molar-refractivity contribution >= 4 is 23.4 Å². The molecule has 2 amide bonds. The molecule has 5 nitrogen and oxygen atoms in total. The highest BCUT2D eigenvalue weighted by molar-refractivity contribution is 6.31. The van der Waals surface area contributed by atoms with Gasteiger partial charge in [-0.2, -0.15) is 0 Å². The SMILES string of the molecule is CC[C@H](C(=O)NCC(C)C)N(Cc1ccccc1Cl)C(=O)CCCOc1ccccc1. The Morgan fingerprint density at radius 2 is 1.74 bits per heavy atom. The molecule has 1 N–H and O–H groups in total. The van der Waals surface area contributed by atoms with Crippen molar-refractivity contribution in [1.82, 2.24) is 10.2 Å². The fourth-order valence-corrected chi connectivity index (χ4v) is 3.42. The first-order valence-corrected chi connectivity index (χ1v) is 11.3. The van der Waals surface area contributed by atoms with Crippen LogP contribution >= 0.6 is 11.6 Å². The Bertz CT molecular complexity index is 827. The summed E-state index contributed by atoms with van der Waals surface area (Å²) in [6.45, 7) is 7.32. The zero-order chi connectivity index (χ0) is 22.6. The molecule has 0 heterocycles. The molecule has 0 saturated carbocycles. The van der Waals surface area contributed by atoms with Crippen molar-refractivity contribution in [1.29, 1.82) is 0 Å². The van der Waals surface area contributed by atoms with Crippen molar-refractivity contribution in [2.24, 2.45) is 5.92 Å². The molecule has 0 fully saturated rings. The fraction of sp³-hybridized carbons (Fsp3) is 0.440. The van der Waals surface area contributed by atoms with Gasteiger partial charge in [-0.1, -0.05) is 68.8 Å². The first kappa shape index (κ1) is 24.7. The maximum Gasteiger partial charge on any atom is 0.242 e. The number of rotatable bonds is 12. The highest BCUT2D eigenvalue weighted by atomic mass is 35.5. The molecular weight excluding hydrogens is 412 g/mol. The van der Waals surface area contributed by atoms with Crippen LogP contribution in [0.15, 0.2) is 54.6 Å². The Morgan fingerprint density at radius 3 is 2.39 bits per heavy atom. The van der Waals surface area contributed by atoms with E-state index >= 15 is 0 Å². The maximum absolute atomic E-state index is 13.2. The van der Waals surface area contributed by atoms with Crippen LogP contribution in [0.25, 0.3) is 0 Å². The summed E-state index contributed by atoms with van der Waals surface area (Å²) in [4.78, 5) is 27.7. The highest BCUT2D eigenvalue weighted by Gasteiger charge is 2.28. The second-order valence-electron chi connectivity index (χ2n) is 7.94. The van der Waals surface area contributed by atoms with Crippen molar-refractivity contribution < 1.29 is 14.3 Å². The predicted molar refractivity (Wildman–Crippen MR) is 125 cm³/mol. The second-order valence-corrected chi connectivity index (χ2v) is 8.35. The molecule has 2 aromatic carbocycles. The third-order valence-corrected chi connectivity index (χ3v) is 5.28. The number of benzene rings is 2. The maximum atomic E-state index is 13.2. The van der Waals surface area contributed by atoms with Crippen molar-refractivity contribution in [2.75, 3.05) is 13.2 Å². The number of nitrogens with one attached hydrogen (secondary N) is 1. The predicted octanol–water partition coefficient (Wildman–Crippen LogP) is 5.08. The summed E-state index contributed by atoms with van der Waals surface area (Å²) in [5.41, 5.74) is 0.827. The van der Waals surface area contributed by atoms with Crippen LogP contribution in [0.2, 0.25) is 5.02 Å². The lowest BCUT2D eigenvalue weighted by atomic mass is 10.1. The molecule has 0 unspecified atom stereocenters. The van der Waals surface area contributed by atoms with Crippen LogP contribution in [0.5, 0.6) is 5.75 Å². The van der Waals surface area contributed by atoms with Crippen molar-refractivity contribution in [3.63, 3.8) is 0 Å². The van der Waals surface area contributed by atoms with Gasteiger partial charge in [0.05, 0.1) is 6.61 Å². The van der Waals surface area contributed by atoms with Gasteiger partial charge in [-0.3, -0.25) is 9.59 Å². The molecule has 6 heteroatoms. The number of halogens is 1. The third kappa shape index (κ3) is 8.25. The zero-order valence-electron chi connectivity index (χ0n) is 18.6. The average Bonchev–Trinajstić information content (AvgIpc) is 2.77. The molecule has 31 heavy (non-hydrogen) atoms. The van der Waals surface area contributed by atoms with Crippen LogP contribution < -0.4 is 10.1 Å². The van der Waals surface area contributed by atoms with Gasteiger partial charge in [-0.15, -0.1) is 0 Å².